The van der Waals surface area contributed by atoms with Crippen molar-refractivity contribution >= 4 is 17.2 Å². The normalized spacial score (nSPS) is 15.2. The fourth-order valence-corrected chi connectivity index (χ4v) is 4.78. The molecule has 1 N–H and O–H groups in total. The van der Waals surface area contributed by atoms with Crippen molar-refractivity contribution in [2.24, 2.45) is 7.05 Å². The number of rotatable bonds is 7. The molecule has 0 aliphatic carbocycles. The number of nitrogens with one attached hydrogen (secondary N) is 1. The van der Waals surface area contributed by atoms with Gasteiger partial charge in [-0.1, -0.05) is 12.1 Å². The van der Waals surface area contributed by atoms with E-state index >= 15 is 0 Å². The Balaban J connectivity index is 1.27. The third kappa shape index (κ3) is 5.32. The van der Waals surface area contributed by atoms with E-state index < -0.39 is 0 Å². The molecule has 4 rings (SSSR count). The molecule has 0 radical (unpaired) electrons. The third-order valence-corrected chi connectivity index (χ3v) is 6.74. The monoisotopic (exact) mass is 439 g/mol. The highest BCUT2D eigenvalue weighted by Crippen LogP contribution is 2.27. The Morgan fingerprint density at radius 2 is 2.10 bits per heavy atom. The first-order valence-electron chi connectivity index (χ1n) is 10.6. The first-order valence-corrected chi connectivity index (χ1v) is 11.5. The van der Waals surface area contributed by atoms with Crippen LogP contribution in [0.3, 0.4) is 0 Å². The lowest BCUT2D eigenvalue weighted by atomic mass is 10.0. The largest absolute Gasteiger partial charge is 0.497 e. The van der Waals surface area contributed by atoms with Crippen LogP contribution >= 0.6 is 11.3 Å². The quantitative estimate of drug-likeness (QED) is 0.612. The number of piperidine rings is 1. The molecule has 1 fully saturated rings. The molecule has 1 aliphatic heterocycles. The Bertz CT molecular complexity index is 1040. The van der Waals surface area contributed by atoms with Gasteiger partial charge in [-0.25, -0.2) is 4.98 Å². The molecule has 8 heteroatoms. The van der Waals surface area contributed by atoms with Crippen LogP contribution < -0.4 is 10.1 Å². The van der Waals surface area contributed by atoms with E-state index in [9.17, 15) is 4.79 Å². The molecule has 1 aromatic carbocycles. The topological polar surface area (TPSA) is 72.3 Å². The average molecular weight is 440 g/mol. The SMILES string of the molecule is COc1cccc(CC(=O)NC2CCN(Cc3cc(-c4scnc4C)nn3C)CC2)c1. The minimum Gasteiger partial charge on any atom is -0.497 e. The molecule has 0 atom stereocenters. The van der Waals surface area contributed by atoms with E-state index in [-0.39, 0.29) is 11.9 Å². The van der Waals surface area contributed by atoms with Crippen molar-refractivity contribution in [3.63, 3.8) is 0 Å². The zero-order chi connectivity index (χ0) is 21.8. The maximum absolute atomic E-state index is 12.5. The summed E-state index contributed by atoms with van der Waals surface area (Å²) in [4.78, 5) is 20.4. The fourth-order valence-electron chi connectivity index (χ4n) is 4.02. The number of ether oxygens (including phenoxy) is 1. The minimum atomic E-state index is 0.0721. The smallest absolute Gasteiger partial charge is 0.224 e. The number of benzene rings is 1. The number of amides is 1. The molecule has 1 aliphatic rings. The Kier molecular flexibility index (Phi) is 6.67. The van der Waals surface area contributed by atoms with Crippen LogP contribution in [0, 0.1) is 6.92 Å². The van der Waals surface area contributed by atoms with Gasteiger partial charge in [-0.15, -0.1) is 11.3 Å². The number of hydrogen-bond acceptors (Lipinski definition) is 6. The molecule has 0 spiro atoms. The van der Waals surface area contributed by atoms with Gasteiger partial charge in [-0.05, 0) is 43.5 Å². The summed E-state index contributed by atoms with van der Waals surface area (Å²) >= 11 is 1.63. The highest BCUT2D eigenvalue weighted by molar-refractivity contribution is 7.13. The maximum Gasteiger partial charge on any atom is 0.224 e. The summed E-state index contributed by atoms with van der Waals surface area (Å²) in [5.74, 6) is 0.852. The van der Waals surface area contributed by atoms with Gasteiger partial charge in [0.05, 0.1) is 35.3 Å². The molecule has 0 unspecified atom stereocenters. The molecule has 1 amide bonds. The van der Waals surface area contributed by atoms with Crippen LogP contribution in [-0.4, -0.2) is 51.8 Å². The van der Waals surface area contributed by atoms with Crippen LogP contribution in [0.2, 0.25) is 0 Å². The van der Waals surface area contributed by atoms with Crippen molar-refractivity contribution in [1.29, 1.82) is 0 Å². The molecule has 1 saturated heterocycles. The predicted molar refractivity (Wildman–Crippen MR) is 122 cm³/mol. The Hall–Kier alpha value is -2.71. The second-order valence-electron chi connectivity index (χ2n) is 8.06. The van der Waals surface area contributed by atoms with Gasteiger partial charge in [0.15, 0.2) is 0 Å². The lowest BCUT2D eigenvalue weighted by molar-refractivity contribution is -0.121. The van der Waals surface area contributed by atoms with Crippen LogP contribution in [0.15, 0.2) is 35.8 Å². The van der Waals surface area contributed by atoms with Crippen LogP contribution in [0.25, 0.3) is 10.6 Å². The minimum absolute atomic E-state index is 0.0721. The van der Waals surface area contributed by atoms with Gasteiger partial charge in [0, 0.05) is 32.7 Å². The zero-order valence-corrected chi connectivity index (χ0v) is 19.1. The summed E-state index contributed by atoms with van der Waals surface area (Å²) in [5, 5.41) is 7.88. The molecule has 3 aromatic rings. The number of hydrogen-bond donors (Lipinski definition) is 1. The highest BCUT2D eigenvalue weighted by atomic mass is 32.1. The van der Waals surface area contributed by atoms with Crippen molar-refractivity contribution in [3.05, 3.63) is 52.8 Å². The van der Waals surface area contributed by atoms with E-state index in [1.54, 1.807) is 18.4 Å². The second kappa shape index (κ2) is 9.62. The van der Waals surface area contributed by atoms with E-state index in [0.29, 0.717) is 6.42 Å². The van der Waals surface area contributed by atoms with Crippen LogP contribution in [0.1, 0.15) is 29.8 Å². The van der Waals surface area contributed by atoms with Crippen molar-refractivity contribution in [2.75, 3.05) is 20.2 Å². The Labute approximate surface area is 187 Å². The Morgan fingerprint density at radius 3 is 2.81 bits per heavy atom. The summed E-state index contributed by atoms with van der Waals surface area (Å²) in [6.45, 7) is 4.81. The number of carbonyl (C=O) groups is 1. The average Bonchev–Trinajstić information content (AvgIpc) is 3.34. The third-order valence-electron chi connectivity index (χ3n) is 5.79. The van der Waals surface area contributed by atoms with Gasteiger partial charge in [0.2, 0.25) is 5.91 Å². The van der Waals surface area contributed by atoms with Gasteiger partial charge < -0.3 is 10.1 Å². The molecule has 0 bridgehead atoms. The van der Waals surface area contributed by atoms with Crippen molar-refractivity contribution in [1.82, 2.24) is 25.0 Å². The lowest BCUT2D eigenvalue weighted by Gasteiger charge is -2.32. The van der Waals surface area contributed by atoms with Crippen molar-refractivity contribution in [2.45, 2.75) is 38.8 Å². The fraction of sp³-hybridized carbons (Fsp3) is 0.435. The summed E-state index contributed by atoms with van der Waals surface area (Å²) < 4.78 is 7.21. The molecule has 3 heterocycles. The van der Waals surface area contributed by atoms with Gasteiger partial charge in [-0.3, -0.25) is 14.4 Å². The molecule has 31 heavy (non-hydrogen) atoms. The first-order chi connectivity index (χ1) is 15.0. The standard InChI is InChI=1S/C23H29N5O2S/c1-16-23(31-15-24-16)21-13-19(27(2)26-21)14-28-9-7-18(8-10-28)25-22(29)12-17-5-4-6-20(11-17)30-3/h4-6,11,13,15,18H,7-10,12,14H2,1-3H3,(H,25,29). The van der Waals surface area contributed by atoms with Gasteiger partial charge in [0.1, 0.15) is 11.4 Å². The summed E-state index contributed by atoms with van der Waals surface area (Å²) in [7, 11) is 3.64. The molecule has 0 saturated carbocycles. The van der Waals surface area contributed by atoms with Crippen molar-refractivity contribution in [3.8, 4) is 16.3 Å². The number of thiazole rings is 1. The first kappa shape index (κ1) is 21.5. The molecule has 2 aromatic heterocycles. The number of aryl methyl sites for hydroxylation is 2. The molecule has 7 nitrogen and oxygen atoms in total. The maximum atomic E-state index is 12.5. The van der Waals surface area contributed by atoms with E-state index in [0.717, 1.165) is 60.1 Å². The van der Waals surface area contributed by atoms with E-state index in [1.165, 1.54) is 5.69 Å². The van der Waals surface area contributed by atoms with Gasteiger partial charge in [-0.2, -0.15) is 5.10 Å². The van der Waals surface area contributed by atoms with Crippen molar-refractivity contribution < 1.29 is 9.53 Å². The lowest BCUT2D eigenvalue weighted by Crippen LogP contribution is -2.44. The molecular formula is C23H29N5O2S. The molecular weight excluding hydrogens is 410 g/mol. The summed E-state index contributed by atoms with van der Waals surface area (Å²) in [6.07, 6.45) is 2.30. The predicted octanol–water partition coefficient (Wildman–Crippen LogP) is 3.18. The zero-order valence-electron chi connectivity index (χ0n) is 18.3. The van der Waals surface area contributed by atoms with Crippen LogP contribution in [0.5, 0.6) is 5.75 Å². The summed E-state index contributed by atoms with van der Waals surface area (Å²) in [5.41, 5.74) is 6.06. The van der Waals surface area contributed by atoms with E-state index in [2.05, 4.69) is 26.4 Å². The van der Waals surface area contributed by atoms with Crippen LogP contribution in [-0.2, 0) is 24.8 Å². The number of likely N-dealkylation sites (tertiary alicyclic amines) is 1. The second-order valence-corrected chi connectivity index (χ2v) is 8.91. The number of nitrogens with zero attached hydrogens (tertiary/aromatic N) is 4. The van der Waals surface area contributed by atoms with Gasteiger partial charge >= 0.3 is 0 Å². The number of methoxy groups -OCH3 is 1. The van der Waals surface area contributed by atoms with Gasteiger partial charge in [0.25, 0.3) is 0 Å². The highest BCUT2D eigenvalue weighted by Gasteiger charge is 2.22. The summed E-state index contributed by atoms with van der Waals surface area (Å²) in [6, 6.07) is 10.1. The van der Waals surface area contributed by atoms with E-state index in [1.807, 2.05) is 48.4 Å². The molecule has 164 valence electrons. The van der Waals surface area contributed by atoms with Crippen LogP contribution in [0.4, 0.5) is 0 Å². The number of aromatic nitrogens is 3. The number of carbonyl (C=O) groups excluding carboxylic acids is 1. The van der Waals surface area contributed by atoms with E-state index in [4.69, 9.17) is 4.74 Å². The Morgan fingerprint density at radius 1 is 1.29 bits per heavy atom.